The number of hydrogen-bond donors (Lipinski definition) is 0. The molecular formula is C19H26O3. The monoisotopic (exact) mass is 302 g/mol. The third kappa shape index (κ3) is 1.71. The van der Waals surface area contributed by atoms with Gasteiger partial charge in [-0.05, 0) is 48.9 Å². The van der Waals surface area contributed by atoms with Crippen LogP contribution < -0.4 is 0 Å². The first-order chi connectivity index (χ1) is 10.4. The molecule has 0 N–H and O–H groups in total. The number of hydrogen-bond acceptors (Lipinski definition) is 3. The Hall–Kier alpha value is -0.990. The second-order valence-corrected chi connectivity index (χ2v) is 8.79. The van der Waals surface area contributed by atoms with Crippen molar-refractivity contribution < 1.29 is 14.4 Å². The molecular weight excluding hydrogens is 276 g/mol. The van der Waals surface area contributed by atoms with Crippen LogP contribution in [0.5, 0.6) is 0 Å². The van der Waals surface area contributed by atoms with Crippen molar-refractivity contribution in [1.82, 2.24) is 0 Å². The highest BCUT2D eigenvalue weighted by Crippen LogP contribution is 2.64. The largest absolute Gasteiger partial charge is 0.300 e. The molecule has 3 nitrogen and oxygen atoms in total. The average molecular weight is 302 g/mol. The Balaban J connectivity index is 1.72. The Labute approximate surface area is 132 Å². The van der Waals surface area contributed by atoms with Gasteiger partial charge in [-0.25, -0.2) is 0 Å². The van der Waals surface area contributed by atoms with Gasteiger partial charge in [0, 0.05) is 37.0 Å². The molecule has 0 radical (unpaired) electrons. The SMILES string of the molecule is C[C@]12CCC(=O)CC1CC[C@@H]1[C@H]2C(=O)C[C@]2(C)C(=O)CC[C@@H]12. The molecule has 0 saturated heterocycles. The van der Waals surface area contributed by atoms with Gasteiger partial charge in [-0.3, -0.25) is 14.4 Å². The molecule has 0 aliphatic heterocycles. The maximum atomic E-state index is 13.0. The van der Waals surface area contributed by atoms with E-state index in [1.165, 1.54) is 0 Å². The van der Waals surface area contributed by atoms with Crippen LogP contribution in [0.3, 0.4) is 0 Å². The van der Waals surface area contributed by atoms with Crippen LogP contribution in [0.1, 0.15) is 65.2 Å². The summed E-state index contributed by atoms with van der Waals surface area (Å²) in [5.41, 5.74) is -0.382. The van der Waals surface area contributed by atoms with E-state index in [0.717, 1.165) is 25.7 Å². The van der Waals surface area contributed by atoms with Crippen LogP contribution in [0.25, 0.3) is 0 Å². The Morgan fingerprint density at radius 1 is 1.00 bits per heavy atom. The number of carbonyl (C=O) groups excluding carboxylic acids is 3. The molecule has 4 aliphatic carbocycles. The number of ketones is 3. The fourth-order valence-corrected chi connectivity index (χ4v) is 6.64. The number of carbonyl (C=O) groups is 3. The zero-order valence-corrected chi connectivity index (χ0v) is 13.7. The molecule has 120 valence electrons. The lowest BCUT2D eigenvalue weighted by molar-refractivity contribution is -0.161. The zero-order chi connectivity index (χ0) is 15.7. The van der Waals surface area contributed by atoms with E-state index in [1.807, 2.05) is 6.92 Å². The quantitative estimate of drug-likeness (QED) is 0.689. The van der Waals surface area contributed by atoms with E-state index in [0.29, 0.717) is 60.8 Å². The lowest BCUT2D eigenvalue weighted by atomic mass is 9.45. The third-order valence-electron chi connectivity index (χ3n) is 7.88. The molecule has 0 amide bonds. The molecule has 0 aromatic rings. The molecule has 0 aromatic heterocycles. The minimum absolute atomic E-state index is 0.000871. The van der Waals surface area contributed by atoms with Crippen LogP contribution >= 0.6 is 0 Å². The van der Waals surface area contributed by atoms with Gasteiger partial charge in [-0.15, -0.1) is 0 Å². The fourth-order valence-electron chi connectivity index (χ4n) is 6.64. The van der Waals surface area contributed by atoms with Gasteiger partial charge in [-0.2, -0.15) is 0 Å². The molecule has 0 aromatic carbocycles. The summed E-state index contributed by atoms with van der Waals surface area (Å²) in [6.45, 7) is 4.30. The van der Waals surface area contributed by atoms with Gasteiger partial charge in [0.05, 0.1) is 0 Å². The van der Waals surface area contributed by atoms with Crippen LogP contribution in [0.15, 0.2) is 0 Å². The first-order valence-electron chi connectivity index (χ1n) is 8.94. The van der Waals surface area contributed by atoms with Crippen LogP contribution in [-0.2, 0) is 14.4 Å². The zero-order valence-electron chi connectivity index (χ0n) is 13.7. The first-order valence-corrected chi connectivity index (χ1v) is 8.94. The molecule has 4 fully saturated rings. The molecule has 22 heavy (non-hydrogen) atoms. The molecule has 0 spiro atoms. The fraction of sp³-hybridized carbons (Fsp3) is 0.842. The van der Waals surface area contributed by atoms with E-state index >= 15 is 0 Å². The molecule has 4 saturated carbocycles. The number of fused-ring (bicyclic) bond motifs is 5. The summed E-state index contributed by atoms with van der Waals surface area (Å²) in [5.74, 6) is 2.29. The summed E-state index contributed by atoms with van der Waals surface area (Å²) in [6, 6.07) is 0. The highest BCUT2D eigenvalue weighted by Gasteiger charge is 2.63. The van der Waals surface area contributed by atoms with E-state index in [-0.39, 0.29) is 16.7 Å². The van der Waals surface area contributed by atoms with Crippen molar-refractivity contribution in [2.75, 3.05) is 0 Å². The number of Topliss-reactive ketones (excluding diaryl/α,β-unsaturated/α-hetero) is 3. The molecule has 1 unspecified atom stereocenters. The molecule has 0 bridgehead atoms. The van der Waals surface area contributed by atoms with E-state index in [9.17, 15) is 14.4 Å². The van der Waals surface area contributed by atoms with E-state index in [2.05, 4.69) is 6.92 Å². The van der Waals surface area contributed by atoms with E-state index in [1.54, 1.807) is 0 Å². The summed E-state index contributed by atoms with van der Waals surface area (Å²) >= 11 is 0. The van der Waals surface area contributed by atoms with Crippen molar-refractivity contribution in [1.29, 1.82) is 0 Å². The molecule has 0 heterocycles. The summed E-state index contributed by atoms with van der Waals surface area (Å²) < 4.78 is 0. The Morgan fingerprint density at radius 3 is 2.55 bits per heavy atom. The van der Waals surface area contributed by atoms with Crippen LogP contribution in [0.2, 0.25) is 0 Å². The maximum absolute atomic E-state index is 13.0. The van der Waals surface area contributed by atoms with Gasteiger partial charge in [0.2, 0.25) is 0 Å². The summed E-state index contributed by atoms with van der Waals surface area (Å²) in [5, 5.41) is 0. The molecule has 4 rings (SSSR count). The van der Waals surface area contributed by atoms with Crippen molar-refractivity contribution in [2.24, 2.45) is 34.5 Å². The highest BCUT2D eigenvalue weighted by molar-refractivity contribution is 5.95. The first kappa shape index (κ1) is 14.6. The Morgan fingerprint density at radius 2 is 1.77 bits per heavy atom. The van der Waals surface area contributed by atoms with Gasteiger partial charge < -0.3 is 0 Å². The van der Waals surface area contributed by atoms with Gasteiger partial charge in [0.25, 0.3) is 0 Å². The topological polar surface area (TPSA) is 51.2 Å². The Bertz CT molecular complexity index is 565. The normalized spacial score (nSPS) is 51.3. The second kappa shape index (κ2) is 4.52. The number of rotatable bonds is 0. The standard InChI is InChI=1S/C19H26O3/c1-18-8-7-12(20)9-11(18)3-4-13-14-5-6-16(22)19(14,2)10-15(21)17(13)18/h11,13-14,17H,3-10H2,1-2H3/t11?,13-,14-,17-,18-,19-/m0/s1. The second-order valence-electron chi connectivity index (χ2n) is 8.79. The minimum Gasteiger partial charge on any atom is -0.300 e. The van der Waals surface area contributed by atoms with Crippen LogP contribution in [-0.4, -0.2) is 17.3 Å². The van der Waals surface area contributed by atoms with Gasteiger partial charge >= 0.3 is 0 Å². The molecule has 3 heteroatoms. The van der Waals surface area contributed by atoms with Crippen LogP contribution in [0.4, 0.5) is 0 Å². The van der Waals surface area contributed by atoms with Crippen molar-refractivity contribution in [3.05, 3.63) is 0 Å². The highest BCUT2D eigenvalue weighted by atomic mass is 16.1. The van der Waals surface area contributed by atoms with Gasteiger partial charge in [0.1, 0.15) is 17.3 Å². The summed E-state index contributed by atoms with van der Waals surface area (Å²) in [4.78, 5) is 37.2. The summed E-state index contributed by atoms with van der Waals surface area (Å²) in [6.07, 6.45) is 6.39. The lowest BCUT2D eigenvalue weighted by Gasteiger charge is -2.58. The van der Waals surface area contributed by atoms with Crippen molar-refractivity contribution >= 4 is 17.3 Å². The smallest absolute Gasteiger partial charge is 0.139 e. The summed E-state index contributed by atoms with van der Waals surface area (Å²) in [7, 11) is 0. The minimum atomic E-state index is -0.383. The predicted molar refractivity (Wildman–Crippen MR) is 82.1 cm³/mol. The van der Waals surface area contributed by atoms with Gasteiger partial charge in [-0.1, -0.05) is 13.8 Å². The molecule has 4 aliphatic rings. The van der Waals surface area contributed by atoms with Crippen molar-refractivity contribution in [3.63, 3.8) is 0 Å². The van der Waals surface area contributed by atoms with Crippen molar-refractivity contribution in [2.45, 2.75) is 65.2 Å². The van der Waals surface area contributed by atoms with Crippen molar-refractivity contribution in [3.8, 4) is 0 Å². The average Bonchev–Trinajstić information content (AvgIpc) is 2.75. The predicted octanol–water partition coefficient (Wildman–Crippen LogP) is 3.35. The van der Waals surface area contributed by atoms with Crippen LogP contribution in [0, 0.1) is 34.5 Å². The Kier molecular flexibility index (Phi) is 3.00. The van der Waals surface area contributed by atoms with E-state index < -0.39 is 0 Å². The van der Waals surface area contributed by atoms with Gasteiger partial charge in [0.15, 0.2) is 0 Å². The third-order valence-corrected chi connectivity index (χ3v) is 7.88. The molecule has 6 atom stereocenters. The lowest BCUT2D eigenvalue weighted by Crippen LogP contribution is -2.57. The maximum Gasteiger partial charge on any atom is 0.139 e. The van der Waals surface area contributed by atoms with E-state index in [4.69, 9.17) is 0 Å².